The van der Waals surface area contributed by atoms with Gasteiger partial charge in [0.15, 0.2) is 11.5 Å². The van der Waals surface area contributed by atoms with Crippen molar-refractivity contribution in [1.29, 1.82) is 0 Å². The number of rotatable bonds is 8. The number of nitrogens with zero attached hydrogens (tertiary/aromatic N) is 4. The van der Waals surface area contributed by atoms with E-state index in [1.807, 2.05) is 39.0 Å². The smallest absolute Gasteiger partial charge is 0.224 e. The second-order valence-electron chi connectivity index (χ2n) is 11.7. The van der Waals surface area contributed by atoms with Crippen molar-refractivity contribution in [3.63, 3.8) is 0 Å². The monoisotopic (exact) mass is 560 g/mol. The molecule has 1 saturated heterocycles. The number of allylic oxidation sites excluding steroid dienone is 2. The number of nitrogens with one attached hydrogen (secondary N) is 2. The quantitative estimate of drug-likeness (QED) is 0.356. The predicted molar refractivity (Wildman–Crippen MR) is 147 cm³/mol. The molecule has 3 aromatic rings. The first kappa shape index (κ1) is 27.2. The van der Waals surface area contributed by atoms with Gasteiger partial charge in [-0.1, -0.05) is 18.2 Å². The maximum atomic E-state index is 14.1. The number of aromatic nitrogens is 5. The highest BCUT2D eigenvalue weighted by Gasteiger charge is 2.63. The number of ether oxygens (including phenoxy) is 1. The van der Waals surface area contributed by atoms with Gasteiger partial charge < -0.3 is 10.1 Å². The molecule has 6 unspecified atom stereocenters. The van der Waals surface area contributed by atoms with Crippen molar-refractivity contribution in [1.82, 2.24) is 25.5 Å². The number of fused-ring (bicyclic) bond motifs is 1. The summed E-state index contributed by atoms with van der Waals surface area (Å²) >= 11 is 0. The van der Waals surface area contributed by atoms with Crippen LogP contribution >= 0.6 is 0 Å². The van der Waals surface area contributed by atoms with E-state index in [4.69, 9.17) is 9.37 Å². The summed E-state index contributed by atoms with van der Waals surface area (Å²) in [7, 11) is 0. The van der Waals surface area contributed by atoms with E-state index in [0.717, 1.165) is 35.5 Å². The van der Waals surface area contributed by atoms with Crippen LogP contribution in [0, 0.1) is 37.0 Å². The van der Waals surface area contributed by atoms with E-state index in [1.165, 1.54) is 19.1 Å². The second kappa shape index (κ2) is 10.4. The highest BCUT2D eigenvalue weighted by molar-refractivity contribution is 5.93. The van der Waals surface area contributed by atoms with E-state index < -0.39 is 6.10 Å². The van der Waals surface area contributed by atoms with Gasteiger partial charge in [-0.15, -0.1) is 0 Å². The van der Waals surface area contributed by atoms with Crippen molar-refractivity contribution < 1.29 is 23.3 Å². The van der Waals surface area contributed by atoms with Crippen LogP contribution in [0.1, 0.15) is 66.6 Å². The molecule has 0 radical (unpaired) electrons. The van der Waals surface area contributed by atoms with Gasteiger partial charge in [0.2, 0.25) is 5.91 Å². The summed E-state index contributed by atoms with van der Waals surface area (Å²) in [4.78, 5) is 29.9. The minimum Gasteiger partial charge on any atom is -0.373 e. The summed E-state index contributed by atoms with van der Waals surface area (Å²) < 4.78 is 25.1. The molecule has 3 aromatic heterocycles. The number of hydrogen-bond acceptors (Lipinski definition) is 8. The Morgan fingerprint density at radius 2 is 2.10 bits per heavy atom. The number of carbonyl (C=O) groups is 2. The molecule has 0 aromatic carbocycles. The molecule has 6 rings (SSSR count). The Morgan fingerprint density at radius 3 is 2.80 bits per heavy atom. The van der Waals surface area contributed by atoms with Crippen LogP contribution in [0.5, 0.6) is 0 Å². The summed E-state index contributed by atoms with van der Waals surface area (Å²) in [5.41, 5.74) is 4.73. The number of ketones is 1. The van der Waals surface area contributed by atoms with Crippen molar-refractivity contribution in [3.05, 3.63) is 65.2 Å². The molecule has 1 amide bonds. The number of halogens is 1. The topological polar surface area (TPSA) is 136 Å². The van der Waals surface area contributed by atoms with E-state index >= 15 is 0 Å². The maximum Gasteiger partial charge on any atom is 0.224 e. The third-order valence-corrected chi connectivity index (χ3v) is 9.00. The number of H-pyrrole nitrogens is 1. The Kier molecular flexibility index (Phi) is 6.93. The van der Waals surface area contributed by atoms with Gasteiger partial charge in [0.25, 0.3) is 0 Å². The molecule has 2 fully saturated rings. The number of anilines is 1. The van der Waals surface area contributed by atoms with Crippen molar-refractivity contribution in [3.8, 4) is 11.3 Å². The number of amides is 1. The van der Waals surface area contributed by atoms with Crippen molar-refractivity contribution in [2.45, 2.75) is 59.0 Å². The number of carbonyl (C=O) groups excluding carboxylic acids is 2. The lowest BCUT2D eigenvalue weighted by atomic mass is 9.69. The average Bonchev–Trinajstić information content (AvgIpc) is 3.23. The zero-order valence-electron chi connectivity index (χ0n) is 23.5. The van der Waals surface area contributed by atoms with E-state index in [9.17, 15) is 14.0 Å². The SMILES string of the molecule is CC(=O)c1nonc1C(C)CC1CC12COC1C=C(F)C=CC1C2CC(=O)Nc1ccc(-c2c(C)n[nH]c2C)nc1. The molecule has 2 N–H and O–H groups in total. The molecule has 10 nitrogen and oxygen atoms in total. The van der Waals surface area contributed by atoms with Crippen LogP contribution in [0.25, 0.3) is 11.3 Å². The standard InChI is InChI=1S/C30H33FN6O4/c1-15(28-29(18(4)38)37-41-36-28)9-19-12-30(19)14-40-25-10-20(31)5-7-22(25)23(30)11-26(39)33-21-6-8-24(32-13-21)27-16(2)34-35-17(27)3/h5-8,10,13,15,19,22-23,25H,9,11-12,14H2,1-4H3,(H,33,39)(H,34,35). The van der Waals surface area contributed by atoms with Crippen LogP contribution in [-0.2, 0) is 9.53 Å². The highest BCUT2D eigenvalue weighted by atomic mass is 19.1. The Morgan fingerprint density at radius 1 is 1.27 bits per heavy atom. The van der Waals surface area contributed by atoms with Crippen molar-refractivity contribution >= 4 is 17.4 Å². The third-order valence-electron chi connectivity index (χ3n) is 9.00. The highest BCUT2D eigenvalue weighted by Crippen LogP contribution is 2.66. The molecule has 1 spiro atoms. The van der Waals surface area contributed by atoms with Gasteiger partial charge in [0.05, 0.1) is 36.0 Å². The van der Waals surface area contributed by atoms with Gasteiger partial charge in [-0.3, -0.25) is 19.7 Å². The van der Waals surface area contributed by atoms with Crippen LogP contribution in [0.2, 0.25) is 0 Å². The molecule has 1 saturated carbocycles. The van der Waals surface area contributed by atoms with Gasteiger partial charge >= 0.3 is 0 Å². The van der Waals surface area contributed by atoms with Crippen LogP contribution in [-0.4, -0.2) is 49.9 Å². The van der Waals surface area contributed by atoms with Crippen LogP contribution in [0.3, 0.4) is 0 Å². The lowest BCUT2D eigenvalue weighted by molar-refractivity contribution is -0.122. The number of Topliss-reactive ketones (excluding diaryl/α,β-unsaturated/α-hetero) is 1. The molecule has 41 heavy (non-hydrogen) atoms. The first-order valence-electron chi connectivity index (χ1n) is 13.9. The summed E-state index contributed by atoms with van der Waals surface area (Å²) in [5, 5.41) is 18.0. The number of aromatic amines is 1. The molecule has 2 aliphatic carbocycles. The Hall–Kier alpha value is -3.99. The molecule has 11 heteroatoms. The van der Waals surface area contributed by atoms with Gasteiger partial charge in [0.1, 0.15) is 11.5 Å². The lowest BCUT2D eigenvalue weighted by Crippen LogP contribution is -2.45. The third kappa shape index (κ3) is 5.03. The van der Waals surface area contributed by atoms with Gasteiger partial charge in [-0.05, 0) is 68.0 Å². The fraction of sp³-hybridized carbons (Fsp3) is 0.467. The van der Waals surface area contributed by atoms with Gasteiger partial charge in [-0.25, -0.2) is 9.02 Å². The van der Waals surface area contributed by atoms with Crippen LogP contribution < -0.4 is 5.32 Å². The first-order chi connectivity index (χ1) is 19.7. The summed E-state index contributed by atoms with van der Waals surface area (Å²) in [6.07, 6.45) is 7.95. The Balaban J connectivity index is 1.18. The maximum absolute atomic E-state index is 14.1. The average molecular weight is 561 g/mol. The molecule has 3 aliphatic rings. The molecule has 0 bridgehead atoms. The van der Waals surface area contributed by atoms with E-state index in [2.05, 4.69) is 30.8 Å². The van der Waals surface area contributed by atoms with Crippen LogP contribution in [0.15, 0.2) is 47.0 Å². The predicted octanol–water partition coefficient (Wildman–Crippen LogP) is 5.26. The molecular weight excluding hydrogens is 527 g/mol. The molecule has 214 valence electrons. The molecular formula is C30H33FN6O4. The fourth-order valence-electron chi connectivity index (χ4n) is 6.85. The first-order valence-corrected chi connectivity index (χ1v) is 13.9. The van der Waals surface area contributed by atoms with Gasteiger partial charge in [-0.2, -0.15) is 5.10 Å². The molecule has 1 aliphatic heterocycles. The number of aryl methyl sites for hydroxylation is 2. The largest absolute Gasteiger partial charge is 0.373 e. The number of hydrogen-bond donors (Lipinski definition) is 2. The second-order valence-corrected chi connectivity index (χ2v) is 11.7. The van der Waals surface area contributed by atoms with Gasteiger partial charge in [0, 0.05) is 41.9 Å². The summed E-state index contributed by atoms with van der Waals surface area (Å²) in [6, 6.07) is 3.71. The molecule has 4 heterocycles. The van der Waals surface area contributed by atoms with E-state index in [1.54, 1.807) is 6.20 Å². The minimum atomic E-state index is -0.409. The Bertz CT molecular complexity index is 1520. The van der Waals surface area contributed by atoms with E-state index in [0.29, 0.717) is 18.0 Å². The van der Waals surface area contributed by atoms with Crippen molar-refractivity contribution in [2.24, 2.45) is 23.2 Å². The lowest BCUT2D eigenvalue weighted by Gasteiger charge is -2.43. The summed E-state index contributed by atoms with van der Waals surface area (Å²) in [6.45, 7) is 7.76. The number of pyridine rings is 1. The zero-order chi connectivity index (χ0) is 28.9. The zero-order valence-corrected chi connectivity index (χ0v) is 23.5. The fourth-order valence-corrected chi connectivity index (χ4v) is 6.85. The normalized spacial score (nSPS) is 27.3. The minimum absolute atomic E-state index is 0.0507. The molecule has 6 atom stereocenters. The van der Waals surface area contributed by atoms with Crippen LogP contribution in [0.4, 0.5) is 10.1 Å². The Labute approximate surface area is 236 Å². The summed E-state index contributed by atoms with van der Waals surface area (Å²) in [5.74, 6) is -0.607. The van der Waals surface area contributed by atoms with E-state index in [-0.39, 0.29) is 58.7 Å². The van der Waals surface area contributed by atoms with Crippen molar-refractivity contribution in [2.75, 3.05) is 11.9 Å².